The summed E-state index contributed by atoms with van der Waals surface area (Å²) in [5, 5.41) is 5.63. The molecule has 0 aliphatic heterocycles. The van der Waals surface area contributed by atoms with Crippen LogP contribution >= 0.6 is 11.6 Å². The van der Waals surface area contributed by atoms with Gasteiger partial charge in [0.2, 0.25) is 5.91 Å². The highest BCUT2D eigenvalue weighted by Crippen LogP contribution is 2.26. The van der Waals surface area contributed by atoms with Gasteiger partial charge in [0.15, 0.2) is 0 Å². The Morgan fingerprint density at radius 2 is 1.75 bits per heavy atom. The first-order valence-electron chi connectivity index (χ1n) is 10.1. The van der Waals surface area contributed by atoms with Crippen LogP contribution in [0.3, 0.4) is 0 Å². The number of hydrazine groups is 1. The first kappa shape index (κ1) is 21.5. The summed E-state index contributed by atoms with van der Waals surface area (Å²) in [6.07, 6.45) is 0.124. The summed E-state index contributed by atoms with van der Waals surface area (Å²) in [6, 6.07) is 16.3. The van der Waals surface area contributed by atoms with Gasteiger partial charge in [0.05, 0.1) is 28.9 Å². The lowest BCUT2D eigenvalue weighted by molar-refractivity contribution is -0.121. The number of amides is 2. The fraction of sp³-hybridized carbons (Fsp3) is 0.167. The van der Waals surface area contributed by atoms with E-state index in [1.807, 2.05) is 57.3 Å². The molecule has 4 aromatic rings. The Kier molecular flexibility index (Phi) is 5.92. The average molecular weight is 448 g/mol. The number of aryl methyl sites for hydroxylation is 2. The minimum absolute atomic E-state index is 0.124. The summed E-state index contributed by atoms with van der Waals surface area (Å²) in [6.45, 7) is 3.76. The molecule has 2 amide bonds. The molecular formula is C24H22ClN5O2. The van der Waals surface area contributed by atoms with Crippen LogP contribution in [0.2, 0.25) is 5.02 Å². The topological polar surface area (TPSA) is 88.9 Å². The first-order valence-corrected chi connectivity index (χ1v) is 10.5. The van der Waals surface area contributed by atoms with E-state index in [1.54, 1.807) is 22.9 Å². The van der Waals surface area contributed by atoms with Crippen molar-refractivity contribution in [3.8, 4) is 11.3 Å². The van der Waals surface area contributed by atoms with Crippen molar-refractivity contribution in [2.24, 2.45) is 7.05 Å². The van der Waals surface area contributed by atoms with Crippen LogP contribution in [0.4, 0.5) is 0 Å². The van der Waals surface area contributed by atoms with Crippen LogP contribution in [0.1, 0.15) is 27.3 Å². The van der Waals surface area contributed by atoms with Crippen LogP contribution in [-0.2, 0) is 18.3 Å². The summed E-state index contributed by atoms with van der Waals surface area (Å²) in [5.41, 5.74) is 10.2. The lowest BCUT2D eigenvalue weighted by Crippen LogP contribution is -2.42. The monoisotopic (exact) mass is 447 g/mol. The molecule has 2 N–H and O–H groups in total. The van der Waals surface area contributed by atoms with E-state index in [-0.39, 0.29) is 12.3 Å². The third-order valence-electron chi connectivity index (χ3n) is 5.41. The van der Waals surface area contributed by atoms with E-state index < -0.39 is 5.91 Å². The molecule has 0 radical (unpaired) electrons. The minimum Gasteiger partial charge on any atom is -0.273 e. The van der Waals surface area contributed by atoms with Crippen LogP contribution in [0.15, 0.2) is 54.6 Å². The van der Waals surface area contributed by atoms with Gasteiger partial charge >= 0.3 is 0 Å². The first-order chi connectivity index (χ1) is 15.3. The number of nitrogens with one attached hydrogen (secondary N) is 2. The molecule has 8 heteroatoms. The molecule has 7 nitrogen and oxygen atoms in total. The summed E-state index contributed by atoms with van der Waals surface area (Å²) in [5.74, 6) is -0.749. The molecule has 0 aliphatic carbocycles. The molecule has 0 fully saturated rings. The van der Waals surface area contributed by atoms with Gasteiger partial charge in [-0.15, -0.1) is 0 Å². The van der Waals surface area contributed by atoms with Gasteiger partial charge in [-0.1, -0.05) is 41.9 Å². The Morgan fingerprint density at radius 1 is 1.03 bits per heavy atom. The highest BCUT2D eigenvalue weighted by Gasteiger charge is 2.17. The third-order valence-corrected chi connectivity index (χ3v) is 5.66. The normalized spacial score (nSPS) is 10.9. The molecule has 0 unspecified atom stereocenters. The Bertz CT molecular complexity index is 1330. The Hall–Kier alpha value is -3.71. The third kappa shape index (κ3) is 4.33. The summed E-state index contributed by atoms with van der Waals surface area (Å²) >= 11 is 6.00. The molecule has 0 aliphatic rings. The molecule has 0 saturated carbocycles. The lowest BCUT2D eigenvalue weighted by atomic mass is 10.0. The number of para-hydroxylation sites is 1. The second kappa shape index (κ2) is 8.80. The van der Waals surface area contributed by atoms with Crippen molar-refractivity contribution in [3.05, 3.63) is 82.1 Å². The van der Waals surface area contributed by atoms with E-state index in [0.29, 0.717) is 27.2 Å². The molecule has 0 saturated heterocycles. The summed E-state index contributed by atoms with van der Waals surface area (Å²) in [7, 11) is 1.83. The van der Waals surface area contributed by atoms with Crippen molar-refractivity contribution in [2.75, 3.05) is 0 Å². The van der Waals surface area contributed by atoms with Crippen molar-refractivity contribution in [1.29, 1.82) is 0 Å². The number of pyridine rings is 1. The molecule has 2 aromatic heterocycles. The van der Waals surface area contributed by atoms with E-state index in [9.17, 15) is 9.59 Å². The van der Waals surface area contributed by atoms with Crippen molar-refractivity contribution in [2.45, 2.75) is 20.3 Å². The van der Waals surface area contributed by atoms with Gasteiger partial charge in [0.25, 0.3) is 5.91 Å². The van der Waals surface area contributed by atoms with Crippen LogP contribution < -0.4 is 10.9 Å². The number of halogens is 1. The Morgan fingerprint density at radius 3 is 2.44 bits per heavy atom. The molecule has 2 heterocycles. The molecular weight excluding hydrogens is 426 g/mol. The van der Waals surface area contributed by atoms with Crippen molar-refractivity contribution in [3.63, 3.8) is 0 Å². The second-order valence-corrected chi connectivity index (χ2v) is 7.97. The highest BCUT2D eigenvalue weighted by atomic mass is 35.5. The standard InChI is InChI=1S/C24H22ClN5O2/c1-14-19(15(2)30(3)29-14)13-23(31)27-28-24(32)20-12-22(16-8-10-17(25)11-9-16)26-21-7-5-4-6-18(20)21/h4-12H,13H2,1-3H3,(H,27,31)(H,28,32). The number of nitrogens with zero attached hydrogens (tertiary/aromatic N) is 3. The van der Waals surface area contributed by atoms with Gasteiger partial charge in [0.1, 0.15) is 0 Å². The number of hydrogen-bond acceptors (Lipinski definition) is 4. The van der Waals surface area contributed by atoms with Gasteiger partial charge in [-0.05, 0) is 38.1 Å². The van der Waals surface area contributed by atoms with Gasteiger partial charge < -0.3 is 0 Å². The van der Waals surface area contributed by atoms with E-state index >= 15 is 0 Å². The van der Waals surface area contributed by atoms with Gasteiger partial charge in [0, 0.05) is 34.3 Å². The maximum atomic E-state index is 13.0. The van der Waals surface area contributed by atoms with E-state index in [0.717, 1.165) is 22.5 Å². The number of hydrogen-bond donors (Lipinski definition) is 2. The van der Waals surface area contributed by atoms with Crippen LogP contribution in [0.5, 0.6) is 0 Å². The molecule has 32 heavy (non-hydrogen) atoms. The number of rotatable bonds is 4. The molecule has 0 bridgehead atoms. The van der Waals surface area contributed by atoms with Crippen molar-refractivity contribution in [1.82, 2.24) is 25.6 Å². The minimum atomic E-state index is -0.424. The average Bonchev–Trinajstić information content (AvgIpc) is 3.03. The van der Waals surface area contributed by atoms with Gasteiger partial charge in [-0.25, -0.2) is 4.98 Å². The smallest absolute Gasteiger partial charge is 0.270 e. The molecule has 162 valence electrons. The quantitative estimate of drug-likeness (QED) is 0.464. The van der Waals surface area contributed by atoms with Crippen LogP contribution in [0.25, 0.3) is 22.2 Å². The van der Waals surface area contributed by atoms with Crippen molar-refractivity contribution < 1.29 is 9.59 Å². The highest BCUT2D eigenvalue weighted by molar-refractivity contribution is 6.30. The SMILES string of the molecule is Cc1nn(C)c(C)c1CC(=O)NNC(=O)c1cc(-c2ccc(Cl)cc2)nc2ccccc12. The lowest BCUT2D eigenvalue weighted by Gasteiger charge is -2.12. The summed E-state index contributed by atoms with van der Waals surface area (Å²) < 4.78 is 1.73. The van der Waals surface area contributed by atoms with Crippen molar-refractivity contribution >= 4 is 34.3 Å². The molecule has 0 spiro atoms. The second-order valence-electron chi connectivity index (χ2n) is 7.53. The number of carbonyl (C=O) groups is 2. The zero-order valence-corrected chi connectivity index (χ0v) is 18.7. The van der Waals surface area contributed by atoms with Crippen LogP contribution in [0, 0.1) is 13.8 Å². The fourth-order valence-electron chi connectivity index (χ4n) is 3.60. The fourth-order valence-corrected chi connectivity index (χ4v) is 3.73. The number of benzene rings is 2. The van der Waals surface area contributed by atoms with E-state index in [2.05, 4.69) is 20.9 Å². The predicted molar refractivity (Wildman–Crippen MR) is 124 cm³/mol. The van der Waals surface area contributed by atoms with E-state index in [1.165, 1.54) is 0 Å². The van der Waals surface area contributed by atoms with E-state index in [4.69, 9.17) is 11.6 Å². The number of carbonyl (C=O) groups excluding carboxylic acids is 2. The predicted octanol–water partition coefficient (Wildman–Crippen LogP) is 3.91. The zero-order chi connectivity index (χ0) is 22.8. The molecule has 0 atom stereocenters. The maximum Gasteiger partial charge on any atom is 0.270 e. The maximum absolute atomic E-state index is 13.0. The van der Waals surface area contributed by atoms with Gasteiger partial charge in [-0.2, -0.15) is 5.10 Å². The van der Waals surface area contributed by atoms with Gasteiger partial charge in [-0.3, -0.25) is 25.1 Å². The van der Waals surface area contributed by atoms with Crippen LogP contribution in [-0.4, -0.2) is 26.6 Å². The Labute approximate surface area is 190 Å². The summed E-state index contributed by atoms with van der Waals surface area (Å²) in [4.78, 5) is 30.1. The number of fused-ring (bicyclic) bond motifs is 1. The Balaban J connectivity index is 1.57. The number of aromatic nitrogens is 3. The zero-order valence-electron chi connectivity index (χ0n) is 17.9. The molecule has 4 rings (SSSR count). The molecule has 2 aromatic carbocycles. The largest absolute Gasteiger partial charge is 0.273 e.